The Morgan fingerprint density at radius 1 is 1.00 bits per heavy atom. The van der Waals surface area contributed by atoms with Crippen LogP contribution in [0.3, 0.4) is 0 Å². The summed E-state index contributed by atoms with van der Waals surface area (Å²) >= 11 is 0. The third-order valence-corrected chi connectivity index (χ3v) is 2.05. The van der Waals surface area contributed by atoms with Crippen LogP contribution < -0.4 is 4.74 Å². The summed E-state index contributed by atoms with van der Waals surface area (Å²) in [5.74, 6) is 0.0391. The Morgan fingerprint density at radius 3 is 2.41 bits per heavy atom. The lowest BCUT2D eigenvalue weighted by molar-refractivity contribution is -0.138. The van der Waals surface area contributed by atoms with Gasteiger partial charge in [-0.3, -0.25) is 4.98 Å². The van der Waals surface area contributed by atoms with E-state index in [4.69, 9.17) is 4.74 Å². The molecule has 2 aromatic rings. The molecule has 0 bridgehead atoms. The predicted octanol–water partition coefficient (Wildman–Crippen LogP) is 3.89. The highest BCUT2D eigenvalue weighted by molar-refractivity contribution is 5.38. The fourth-order valence-corrected chi connectivity index (χ4v) is 1.32. The van der Waals surface area contributed by atoms with Gasteiger partial charge in [0.25, 0.3) is 0 Å². The van der Waals surface area contributed by atoms with Gasteiger partial charge in [0.05, 0.1) is 11.8 Å². The van der Waals surface area contributed by atoms with E-state index in [0.717, 1.165) is 6.07 Å². The van der Waals surface area contributed by atoms with Crippen molar-refractivity contribution >= 4 is 0 Å². The van der Waals surface area contributed by atoms with Gasteiger partial charge >= 0.3 is 6.18 Å². The van der Waals surface area contributed by atoms with Gasteiger partial charge in [0.2, 0.25) is 0 Å². The molecule has 0 atom stereocenters. The largest absolute Gasteiger partial charge is 0.455 e. The molecule has 5 heteroatoms. The standard InChI is InChI=1S/C12H8F3NO/c13-12(14,15)10-5-1-2-6-11(10)17-9-4-3-7-16-8-9/h1-8H. The molecule has 0 fully saturated rings. The summed E-state index contributed by atoms with van der Waals surface area (Å²) in [5, 5.41) is 0. The molecule has 0 aliphatic heterocycles. The molecule has 0 saturated carbocycles. The molecule has 0 radical (unpaired) electrons. The normalized spacial score (nSPS) is 11.2. The van der Waals surface area contributed by atoms with Gasteiger partial charge in [-0.25, -0.2) is 0 Å². The summed E-state index contributed by atoms with van der Waals surface area (Å²) in [6.07, 6.45) is -1.56. The number of hydrogen-bond acceptors (Lipinski definition) is 2. The zero-order chi connectivity index (χ0) is 12.3. The third kappa shape index (κ3) is 2.75. The summed E-state index contributed by atoms with van der Waals surface area (Å²) < 4.78 is 43.1. The smallest absolute Gasteiger partial charge is 0.419 e. The number of halogens is 3. The average molecular weight is 239 g/mol. The molecule has 0 amide bonds. The molecule has 1 aromatic heterocycles. The highest BCUT2D eigenvalue weighted by Gasteiger charge is 2.34. The predicted molar refractivity (Wildman–Crippen MR) is 55.8 cm³/mol. The zero-order valence-electron chi connectivity index (χ0n) is 8.61. The van der Waals surface area contributed by atoms with Crippen LogP contribution in [0.5, 0.6) is 11.5 Å². The van der Waals surface area contributed by atoms with Crippen LogP contribution >= 0.6 is 0 Å². The summed E-state index contributed by atoms with van der Waals surface area (Å²) in [5.41, 5.74) is -0.802. The minimum Gasteiger partial charge on any atom is -0.455 e. The molecule has 2 rings (SSSR count). The molecule has 17 heavy (non-hydrogen) atoms. The molecule has 88 valence electrons. The highest BCUT2D eigenvalue weighted by Crippen LogP contribution is 2.37. The second-order valence-corrected chi connectivity index (χ2v) is 3.28. The summed E-state index contributed by atoms with van der Waals surface area (Å²) in [6.45, 7) is 0. The lowest BCUT2D eigenvalue weighted by Gasteiger charge is -2.12. The van der Waals surface area contributed by atoms with Crippen LogP contribution in [0.4, 0.5) is 13.2 Å². The summed E-state index contributed by atoms with van der Waals surface area (Å²) in [6, 6.07) is 8.19. The first kappa shape index (κ1) is 11.4. The van der Waals surface area contributed by atoms with Gasteiger partial charge in [-0.2, -0.15) is 13.2 Å². The number of para-hydroxylation sites is 1. The second kappa shape index (κ2) is 4.45. The number of nitrogens with zero attached hydrogens (tertiary/aromatic N) is 1. The molecule has 2 nitrogen and oxygen atoms in total. The molecule has 1 heterocycles. The minimum absolute atomic E-state index is 0.229. The van der Waals surface area contributed by atoms with Gasteiger partial charge in [-0.05, 0) is 24.3 Å². The maximum atomic E-state index is 12.7. The molecule has 0 aliphatic carbocycles. The molecule has 0 unspecified atom stereocenters. The first-order valence-electron chi connectivity index (χ1n) is 4.81. The zero-order valence-corrected chi connectivity index (χ0v) is 8.61. The Hall–Kier alpha value is -2.04. The average Bonchev–Trinajstić information content (AvgIpc) is 2.30. The lowest BCUT2D eigenvalue weighted by Crippen LogP contribution is -2.06. The number of pyridine rings is 1. The number of rotatable bonds is 2. The monoisotopic (exact) mass is 239 g/mol. The van der Waals surface area contributed by atoms with Gasteiger partial charge in [-0.15, -0.1) is 0 Å². The second-order valence-electron chi connectivity index (χ2n) is 3.28. The van der Waals surface area contributed by atoms with Gasteiger partial charge in [0.15, 0.2) is 0 Å². The van der Waals surface area contributed by atoms with E-state index in [1.807, 2.05) is 0 Å². The Bertz CT molecular complexity index is 497. The Labute approximate surface area is 95.7 Å². The van der Waals surface area contributed by atoms with Crippen molar-refractivity contribution in [3.8, 4) is 11.5 Å². The molecule has 0 aliphatic rings. The van der Waals surface area contributed by atoms with E-state index >= 15 is 0 Å². The molecule has 1 aromatic carbocycles. The van der Waals surface area contributed by atoms with E-state index in [-0.39, 0.29) is 11.5 Å². The van der Waals surface area contributed by atoms with Gasteiger partial charge in [0, 0.05) is 6.20 Å². The van der Waals surface area contributed by atoms with Crippen molar-refractivity contribution in [1.29, 1.82) is 0 Å². The van der Waals surface area contributed by atoms with Crippen LogP contribution in [0.15, 0.2) is 48.8 Å². The van der Waals surface area contributed by atoms with E-state index in [0.29, 0.717) is 0 Å². The van der Waals surface area contributed by atoms with Crippen molar-refractivity contribution in [3.63, 3.8) is 0 Å². The van der Waals surface area contributed by atoms with Crippen LogP contribution in [0.2, 0.25) is 0 Å². The first-order valence-corrected chi connectivity index (χ1v) is 4.81. The number of aromatic nitrogens is 1. The van der Waals surface area contributed by atoms with Crippen molar-refractivity contribution in [3.05, 3.63) is 54.4 Å². The van der Waals surface area contributed by atoms with Crippen LogP contribution in [0, 0.1) is 0 Å². The van der Waals surface area contributed by atoms with Gasteiger partial charge in [0.1, 0.15) is 11.5 Å². The highest BCUT2D eigenvalue weighted by atomic mass is 19.4. The maximum absolute atomic E-state index is 12.7. The molecule has 0 spiro atoms. The van der Waals surface area contributed by atoms with E-state index in [1.165, 1.54) is 30.6 Å². The van der Waals surface area contributed by atoms with E-state index in [1.54, 1.807) is 12.1 Å². The number of benzene rings is 1. The van der Waals surface area contributed by atoms with Crippen molar-refractivity contribution in [2.75, 3.05) is 0 Å². The van der Waals surface area contributed by atoms with Gasteiger partial charge < -0.3 is 4.74 Å². The summed E-state index contributed by atoms with van der Waals surface area (Å²) in [7, 11) is 0. The van der Waals surface area contributed by atoms with Crippen LogP contribution in [0.1, 0.15) is 5.56 Å². The van der Waals surface area contributed by atoms with Gasteiger partial charge in [-0.1, -0.05) is 12.1 Å². The SMILES string of the molecule is FC(F)(F)c1ccccc1Oc1cccnc1. The van der Waals surface area contributed by atoms with Crippen LogP contribution in [-0.4, -0.2) is 4.98 Å². The Morgan fingerprint density at radius 2 is 1.76 bits per heavy atom. The van der Waals surface area contributed by atoms with Crippen molar-refractivity contribution in [2.45, 2.75) is 6.18 Å². The fraction of sp³-hybridized carbons (Fsp3) is 0.0833. The molecule has 0 saturated heterocycles. The van der Waals surface area contributed by atoms with E-state index in [9.17, 15) is 13.2 Å². The van der Waals surface area contributed by atoms with Crippen molar-refractivity contribution < 1.29 is 17.9 Å². The van der Waals surface area contributed by atoms with Crippen molar-refractivity contribution in [1.82, 2.24) is 4.98 Å². The molecule has 0 N–H and O–H groups in total. The first-order chi connectivity index (χ1) is 8.07. The van der Waals surface area contributed by atoms with Crippen molar-refractivity contribution in [2.24, 2.45) is 0 Å². The lowest BCUT2D eigenvalue weighted by atomic mass is 10.2. The minimum atomic E-state index is -4.43. The van der Waals surface area contributed by atoms with E-state index in [2.05, 4.69) is 4.98 Å². The summed E-state index contributed by atoms with van der Waals surface area (Å²) in [4.78, 5) is 3.77. The Kier molecular flexibility index (Phi) is 2.99. The number of alkyl halides is 3. The Balaban J connectivity index is 2.34. The number of ether oxygens (including phenoxy) is 1. The fourth-order valence-electron chi connectivity index (χ4n) is 1.32. The maximum Gasteiger partial charge on any atom is 0.419 e. The quantitative estimate of drug-likeness (QED) is 0.793. The third-order valence-electron chi connectivity index (χ3n) is 2.05. The molecular weight excluding hydrogens is 231 g/mol. The van der Waals surface area contributed by atoms with E-state index < -0.39 is 11.7 Å². The van der Waals surface area contributed by atoms with Crippen LogP contribution in [0.25, 0.3) is 0 Å². The molecular formula is C12H8F3NO. The van der Waals surface area contributed by atoms with Crippen LogP contribution in [-0.2, 0) is 6.18 Å². The number of hydrogen-bond donors (Lipinski definition) is 0. The topological polar surface area (TPSA) is 22.1 Å².